The van der Waals surface area contributed by atoms with Gasteiger partial charge in [-0.05, 0) is 30.9 Å². The summed E-state index contributed by atoms with van der Waals surface area (Å²) in [5.41, 5.74) is 2.76. The van der Waals surface area contributed by atoms with E-state index in [1.54, 1.807) is 0 Å². The number of hydrogen-bond acceptors (Lipinski definition) is 2. The van der Waals surface area contributed by atoms with Crippen molar-refractivity contribution in [2.45, 2.75) is 59.9 Å². The minimum absolute atomic E-state index is 0.385. The predicted molar refractivity (Wildman–Crippen MR) is 90.6 cm³/mol. The first kappa shape index (κ1) is 16.1. The fraction of sp³-hybridized carbons (Fsp3) is 0.579. The van der Waals surface area contributed by atoms with Crippen LogP contribution in [-0.4, -0.2) is 6.54 Å². The van der Waals surface area contributed by atoms with E-state index in [9.17, 15) is 0 Å². The highest BCUT2D eigenvalue weighted by atomic mass is 16.3. The third kappa shape index (κ3) is 4.60. The number of hydrogen-bond donors (Lipinski definition) is 1. The number of nitrogens with one attached hydrogen (secondary N) is 1. The zero-order valence-electron chi connectivity index (χ0n) is 14.0. The van der Waals surface area contributed by atoms with Crippen molar-refractivity contribution in [1.29, 1.82) is 0 Å². The molecule has 2 rings (SSSR count). The molecule has 0 bridgehead atoms. The van der Waals surface area contributed by atoms with E-state index in [0.717, 1.165) is 25.1 Å². The third-order valence-electron chi connectivity index (χ3n) is 3.89. The highest BCUT2D eigenvalue weighted by Gasteiger charge is 2.14. The Morgan fingerprint density at radius 3 is 2.62 bits per heavy atom. The smallest absolute Gasteiger partial charge is 0.134 e. The average Bonchev–Trinajstić information content (AvgIpc) is 2.78. The molecule has 2 nitrogen and oxygen atoms in total. The summed E-state index contributed by atoms with van der Waals surface area (Å²) in [6.45, 7) is 11.0. The van der Waals surface area contributed by atoms with Gasteiger partial charge in [0.2, 0.25) is 0 Å². The number of furan rings is 1. The topological polar surface area (TPSA) is 25.2 Å². The molecule has 1 aromatic heterocycles. The second-order valence-electron chi connectivity index (χ2n) is 7.09. The normalized spacial score (nSPS) is 12.2. The minimum Gasteiger partial charge on any atom is -0.461 e. The molecule has 2 aromatic rings. The molecule has 0 amide bonds. The SMILES string of the molecule is CCCCc1oc2ccccc2c1CNCCC(C)(C)C. The molecule has 0 aliphatic rings. The van der Waals surface area contributed by atoms with Crippen molar-refractivity contribution in [3.63, 3.8) is 0 Å². The van der Waals surface area contributed by atoms with Crippen LogP contribution >= 0.6 is 0 Å². The zero-order chi connectivity index (χ0) is 15.3. The lowest BCUT2D eigenvalue weighted by molar-refractivity contribution is 0.366. The summed E-state index contributed by atoms with van der Waals surface area (Å²) in [4.78, 5) is 0. The van der Waals surface area contributed by atoms with E-state index in [1.165, 1.54) is 36.0 Å². The van der Waals surface area contributed by atoms with Crippen LogP contribution in [0.3, 0.4) is 0 Å². The Labute approximate surface area is 128 Å². The first-order valence-electron chi connectivity index (χ1n) is 8.21. The molecule has 0 aliphatic carbocycles. The number of benzene rings is 1. The molecule has 1 aromatic carbocycles. The zero-order valence-corrected chi connectivity index (χ0v) is 14.0. The Morgan fingerprint density at radius 1 is 1.14 bits per heavy atom. The van der Waals surface area contributed by atoms with E-state index in [1.807, 2.05) is 6.07 Å². The summed E-state index contributed by atoms with van der Waals surface area (Å²) in [6, 6.07) is 8.39. The highest BCUT2D eigenvalue weighted by molar-refractivity contribution is 5.82. The van der Waals surface area contributed by atoms with Crippen molar-refractivity contribution in [2.24, 2.45) is 5.41 Å². The number of para-hydroxylation sites is 1. The molecule has 0 saturated heterocycles. The monoisotopic (exact) mass is 287 g/mol. The summed E-state index contributed by atoms with van der Waals surface area (Å²) < 4.78 is 6.06. The molecule has 1 N–H and O–H groups in total. The molecule has 116 valence electrons. The van der Waals surface area contributed by atoms with Crippen LogP contribution in [0.4, 0.5) is 0 Å². The van der Waals surface area contributed by atoms with Gasteiger partial charge in [0.05, 0.1) is 0 Å². The van der Waals surface area contributed by atoms with Gasteiger partial charge in [0.1, 0.15) is 11.3 Å². The highest BCUT2D eigenvalue weighted by Crippen LogP contribution is 2.27. The molecule has 0 spiro atoms. The summed E-state index contributed by atoms with van der Waals surface area (Å²) in [5, 5.41) is 4.86. The molecule has 1 heterocycles. The van der Waals surface area contributed by atoms with Gasteiger partial charge in [-0.15, -0.1) is 0 Å². The lowest BCUT2D eigenvalue weighted by atomic mass is 9.92. The number of aryl methyl sites for hydroxylation is 1. The Bertz CT molecular complexity index is 562. The molecule has 0 aliphatic heterocycles. The van der Waals surface area contributed by atoms with Crippen molar-refractivity contribution in [2.75, 3.05) is 6.54 Å². The molecular formula is C19H29NO. The Hall–Kier alpha value is -1.28. The first-order valence-corrected chi connectivity index (χ1v) is 8.21. The van der Waals surface area contributed by atoms with Crippen molar-refractivity contribution in [3.8, 4) is 0 Å². The largest absolute Gasteiger partial charge is 0.461 e. The molecular weight excluding hydrogens is 258 g/mol. The van der Waals surface area contributed by atoms with E-state index >= 15 is 0 Å². The summed E-state index contributed by atoms with van der Waals surface area (Å²) >= 11 is 0. The van der Waals surface area contributed by atoms with E-state index < -0.39 is 0 Å². The van der Waals surface area contributed by atoms with Gasteiger partial charge in [0, 0.05) is 23.9 Å². The number of fused-ring (bicyclic) bond motifs is 1. The van der Waals surface area contributed by atoms with Gasteiger partial charge in [0.15, 0.2) is 0 Å². The summed E-state index contributed by atoms with van der Waals surface area (Å²) in [6.07, 6.45) is 4.62. The molecule has 0 saturated carbocycles. The molecule has 21 heavy (non-hydrogen) atoms. The fourth-order valence-electron chi connectivity index (χ4n) is 2.56. The van der Waals surface area contributed by atoms with Crippen LogP contribution in [0.25, 0.3) is 11.0 Å². The van der Waals surface area contributed by atoms with Crippen molar-refractivity contribution >= 4 is 11.0 Å². The Balaban J connectivity index is 2.08. The molecule has 0 unspecified atom stereocenters. The van der Waals surface area contributed by atoms with Crippen LogP contribution in [0.15, 0.2) is 28.7 Å². The van der Waals surface area contributed by atoms with Crippen LogP contribution in [0.2, 0.25) is 0 Å². The molecule has 2 heteroatoms. The summed E-state index contributed by atoms with van der Waals surface area (Å²) in [7, 11) is 0. The maximum Gasteiger partial charge on any atom is 0.134 e. The molecule has 0 radical (unpaired) electrons. The van der Waals surface area contributed by atoms with Crippen molar-refractivity contribution in [3.05, 3.63) is 35.6 Å². The molecule has 0 fully saturated rings. The van der Waals surface area contributed by atoms with E-state index in [4.69, 9.17) is 4.42 Å². The van der Waals surface area contributed by atoms with Gasteiger partial charge >= 0.3 is 0 Å². The second kappa shape index (κ2) is 7.13. The van der Waals surface area contributed by atoms with E-state index in [-0.39, 0.29) is 0 Å². The number of rotatable bonds is 7. The van der Waals surface area contributed by atoms with Gasteiger partial charge in [0.25, 0.3) is 0 Å². The van der Waals surface area contributed by atoms with Gasteiger partial charge < -0.3 is 9.73 Å². The van der Waals surface area contributed by atoms with Crippen LogP contribution in [-0.2, 0) is 13.0 Å². The van der Waals surface area contributed by atoms with Gasteiger partial charge in [-0.3, -0.25) is 0 Å². The predicted octanol–water partition coefficient (Wildman–Crippen LogP) is 5.30. The first-order chi connectivity index (χ1) is 10.0. The number of unbranched alkanes of at least 4 members (excludes halogenated alkanes) is 1. The van der Waals surface area contributed by atoms with Crippen molar-refractivity contribution < 1.29 is 4.42 Å². The standard InChI is InChI=1S/C19H29NO/c1-5-6-10-18-16(14-20-13-12-19(2,3)4)15-9-7-8-11-17(15)21-18/h7-9,11,20H,5-6,10,12-14H2,1-4H3. The van der Waals surface area contributed by atoms with E-state index in [2.05, 4.69) is 51.2 Å². The van der Waals surface area contributed by atoms with Crippen LogP contribution in [0.1, 0.15) is 58.3 Å². The van der Waals surface area contributed by atoms with Gasteiger partial charge in [-0.2, -0.15) is 0 Å². The lowest BCUT2D eigenvalue weighted by Gasteiger charge is -2.18. The van der Waals surface area contributed by atoms with Crippen molar-refractivity contribution in [1.82, 2.24) is 5.32 Å². The van der Waals surface area contributed by atoms with Crippen LogP contribution in [0.5, 0.6) is 0 Å². The van der Waals surface area contributed by atoms with Gasteiger partial charge in [-0.1, -0.05) is 52.3 Å². The Kier molecular flexibility index (Phi) is 5.46. The minimum atomic E-state index is 0.385. The lowest BCUT2D eigenvalue weighted by Crippen LogP contribution is -2.20. The quantitative estimate of drug-likeness (QED) is 0.699. The fourth-order valence-corrected chi connectivity index (χ4v) is 2.56. The third-order valence-corrected chi connectivity index (χ3v) is 3.89. The summed E-state index contributed by atoms with van der Waals surface area (Å²) in [5.74, 6) is 1.17. The average molecular weight is 287 g/mol. The van der Waals surface area contributed by atoms with Crippen LogP contribution in [0, 0.1) is 5.41 Å². The maximum atomic E-state index is 6.06. The van der Waals surface area contributed by atoms with Crippen LogP contribution < -0.4 is 5.32 Å². The second-order valence-corrected chi connectivity index (χ2v) is 7.09. The molecule has 0 atom stereocenters. The van der Waals surface area contributed by atoms with Gasteiger partial charge in [-0.25, -0.2) is 0 Å². The van der Waals surface area contributed by atoms with E-state index in [0.29, 0.717) is 5.41 Å². The maximum absolute atomic E-state index is 6.06. The Morgan fingerprint density at radius 2 is 1.90 bits per heavy atom.